The van der Waals surface area contributed by atoms with E-state index in [1.807, 2.05) is 49.4 Å². The number of rotatable bonds is 2. The van der Waals surface area contributed by atoms with E-state index >= 15 is 0 Å². The maximum atomic E-state index is 11.0. The summed E-state index contributed by atoms with van der Waals surface area (Å²) < 4.78 is 5.17. The molecule has 0 spiro atoms. The number of esters is 1. The quantitative estimate of drug-likeness (QED) is 0.689. The van der Waals surface area contributed by atoms with Gasteiger partial charge in [-0.2, -0.15) is 0 Å². The monoisotopic (exact) mass is 202 g/mol. The number of carbonyl (C=O) groups is 1. The predicted octanol–water partition coefficient (Wildman–Crippen LogP) is 2.65. The van der Waals surface area contributed by atoms with Crippen LogP contribution in [-0.2, 0) is 9.53 Å². The highest BCUT2D eigenvalue weighted by Gasteiger charge is 2.28. The lowest BCUT2D eigenvalue weighted by Crippen LogP contribution is -2.09. The van der Waals surface area contributed by atoms with Gasteiger partial charge in [0.1, 0.15) is 6.10 Å². The van der Waals surface area contributed by atoms with Gasteiger partial charge in [0.2, 0.25) is 0 Å². The Labute approximate surface area is 89.6 Å². The Kier molecular flexibility index (Phi) is 2.86. The molecule has 2 atom stereocenters. The van der Waals surface area contributed by atoms with Crippen LogP contribution in [0.1, 0.15) is 18.9 Å². The van der Waals surface area contributed by atoms with Crippen LogP contribution in [-0.4, -0.2) is 12.1 Å². The molecule has 2 heteroatoms. The minimum Gasteiger partial charge on any atom is -0.458 e. The van der Waals surface area contributed by atoms with Crippen molar-refractivity contribution in [1.29, 1.82) is 0 Å². The van der Waals surface area contributed by atoms with E-state index in [4.69, 9.17) is 4.74 Å². The van der Waals surface area contributed by atoms with Crippen LogP contribution in [0.4, 0.5) is 0 Å². The van der Waals surface area contributed by atoms with Crippen molar-refractivity contribution in [3.05, 3.63) is 42.0 Å². The smallest absolute Gasteiger partial charge is 0.306 e. The Bertz CT molecular complexity index is 367. The highest BCUT2D eigenvalue weighted by molar-refractivity contribution is 5.72. The van der Waals surface area contributed by atoms with Gasteiger partial charge in [0.25, 0.3) is 0 Å². The molecule has 1 aromatic carbocycles. The number of ether oxygens (including phenoxy) is 1. The van der Waals surface area contributed by atoms with Crippen LogP contribution in [0, 0.1) is 5.92 Å². The zero-order valence-corrected chi connectivity index (χ0v) is 8.72. The highest BCUT2D eigenvalue weighted by atomic mass is 16.5. The summed E-state index contributed by atoms with van der Waals surface area (Å²) in [7, 11) is 0. The largest absolute Gasteiger partial charge is 0.458 e. The van der Waals surface area contributed by atoms with Crippen LogP contribution in [0.3, 0.4) is 0 Å². The van der Waals surface area contributed by atoms with Crippen molar-refractivity contribution in [3.8, 4) is 0 Å². The Morgan fingerprint density at radius 2 is 2.07 bits per heavy atom. The van der Waals surface area contributed by atoms with E-state index in [1.165, 1.54) is 0 Å². The summed E-state index contributed by atoms with van der Waals surface area (Å²) in [6, 6.07) is 10.0. The average Bonchev–Trinajstić information content (AvgIpc) is 2.56. The van der Waals surface area contributed by atoms with Gasteiger partial charge in [0.05, 0.1) is 6.42 Å². The molecule has 0 radical (unpaired) electrons. The van der Waals surface area contributed by atoms with Gasteiger partial charge in [-0.15, -0.1) is 0 Å². The fraction of sp³-hybridized carbons (Fsp3) is 0.308. The maximum Gasteiger partial charge on any atom is 0.306 e. The van der Waals surface area contributed by atoms with Gasteiger partial charge < -0.3 is 4.74 Å². The highest BCUT2D eigenvalue weighted by Crippen LogP contribution is 2.22. The minimum absolute atomic E-state index is 0.0577. The zero-order chi connectivity index (χ0) is 10.7. The van der Waals surface area contributed by atoms with Crippen LogP contribution in [0.2, 0.25) is 0 Å². The van der Waals surface area contributed by atoms with Crippen LogP contribution in [0.5, 0.6) is 0 Å². The van der Waals surface area contributed by atoms with Crippen LogP contribution in [0.25, 0.3) is 6.08 Å². The van der Waals surface area contributed by atoms with E-state index in [2.05, 4.69) is 0 Å². The molecule has 0 aliphatic carbocycles. The summed E-state index contributed by atoms with van der Waals surface area (Å²) in [6.07, 6.45) is 4.44. The Morgan fingerprint density at radius 3 is 2.67 bits per heavy atom. The van der Waals surface area contributed by atoms with Gasteiger partial charge >= 0.3 is 5.97 Å². The number of cyclic esters (lactones) is 1. The molecule has 0 saturated carbocycles. The van der Waals surface area contributed by atoms with Crippen molar-refractivity contribution < 1.29 is 9.53 Å². The second-order valence-corrected chi connectivity index (χ2v) is 3.91. The standard InChI is InChI=1S/C13H14O2/c1-10-9-13(14)15-12(10)8-7-11-5-3-2-4-6-11/h2-8,10,12H,9H2,1H3/b8-7+/t10-,12+/m0/s1. The van der Waals surface area contributed by atoms with Crippen molar-refractivity contribution in [1.82, 2.24) is 0 Å². The predicted molar refractivity (Wildman–Crippen MR) is 59.1 cm³/mol. The van der Waals surface area contributed by atoms with Crippen LogP contribution in [0.15, 0.2) is 36.4 Å². The summed E-state index contributed by atoms with van der Waals surface area (Å²) in [4.78, 5) is 11.0. The molecule has 2 nitrogen and oxygen atoms in total. The molecule has 0 amide bonds. The fourth-order valence-electron chi connectivity index (χ4n) is 1.69. The second kappa shape index (κ2) is 4.30. The Morgan fingerprint density at radius 1 is 1.33 bits per heavy atom. The normalized spacial score (nSPS) is 25.8. The third-order valence-corrected chi connectivity index (χ3v) is 2.59. The first-order chi connectivity index (χ1) is 7.25. The molecule has 0 bridgehead atoms. The van der Waals surface area contributed by atoms with Crippen molar-refractivity contribution in [2.45, 2.75) is 19.4 Å². The molecule has 0 unspecified atom stereocenters. The molecular formula is C13H14O2. The average molecular weight is 202 g/mol. The minimum atomic E-state index is -0.0924. The molecule has 1 aliphatic rings. The maximum absolute atomic E-state index is 11.0. The summed E-state index contributed by atoms with van der Waals surface area (Å²) >= 11 is 0. The zero-order valence-electron chi connectivity index (χ0n) is 8.72. The number of benzene rings is 1. The lowest BCUT2D eigenvalue weighted by atomic mass is 10.0. The van der Waals surface area contributed by atoms with Crippen LogP contribution < -0.4 is 0 Å². The summed E-state index contributed by atoms with van der Waals surface area (Å²) in [5.74, 6) is 0.197. The first kappa shape index (κ1) is 9.97. The van der Waals surface area contributed by atoms with E-state index in [-0.39, 0.29) is 18.0 Å². The van der Waals surface area contributed by atoms with Gasteiger partial charge in [0, 0.05) is 5.92 Å². The van der Waals surface area contributed by atoms with E-state index in [0.29, 0.717) is 6.42 Å². The fourth-order valence-corrected chi connectivity index (χ4v) is 1.69. The molecule has 0 aromatic heterocycles. The lowest BCUT2D eigenvalue weighted by molar-refractivity contribution is -0.140. The third kappa shape index (κ3) is 2.46. The second-order valence-electron chi connectivity index (χ2n) is 3.91. The van der Waals surface area contributed by atoms with Gasteiger partial charge in [-0.1, -0.05) is 43.3 Å². The van der Waals surface area contributed by atoms with Gasteiger partial charge in [-0.25, -0.2) is 0 Å². The van der Waals surface area contributed by atoms with Gasteiger partial charge in [-0.05, 0) is 11.6 Å². The summed E-state index contributed by atoms with van der Waals surface area (Å²) in [6.45, 7) is 2.03. The number of hydrogen-bond acceptors (Lipinski definition) is 2. The first-order valence-corrected chi connectivity index (χ1v) is 5.18. The Hall–Kier alpha value is -1.57. The molecule has 0 N–H and O–H groups in total. The summed E-state index contributed by atoms with van der Waals surface area (Å²) in [5.41, 5.74) is 1.13. The van der Waals surface area contributed by atoms with E-state index in [0.717, 1.165) is 5.56 Å². The molecule has 1 aromatic rings. The lowest BCUT2D eigenvalue weighted by Gasteiger charge is -2.07. The van der Waals surface area contributed by atoms with Crippen molar-refractivity contribution in [3.63, 3.8) is 0 Å². The third-order valence-electron chi connectivity index (χ3n) is 2.59. The molecule has 1 fully saturated rings. The first-order valence-electron chi connectivity index (χ1n) is 5.18. The Balaban J connectivity index is 2.03. The molecule has 1 saturated heterocycles. The van der Waals surface area contributed by atoms with Gasteiger partial charge in [-0.3, -0.25) is 4.79 Å². The van der Waals surface area contributed by atoms with E-state index in [9.17, 15) is 4.79 Å². The van der Waals surface area contributed by atoms with Crippen molar-refractivity contribution in [2.75, 3.05) is 0 Å². The molecule has 78 valence electrons. The van der Waals surface area contributed by atoms with Crippen LogP contribution >= 0.6 is 0 Å². The number of hydrogen-bond donors (Lipinski definition) is 0. The van der Waals surface area contributed by atoms with Crippen molar-refractivity contribution >= 4 is 12.0 Å². The van der Waals surface area contributed by atoms with E-state index in [1.54, 1.807) is 0 Å². The summed E-state index contributed by atoms with van der Waals surface area (Å²) in [5, 5.41) is 0. The molecule has 1 aliphatic heterocycles. The van der Waals surface area contributed by atoms with Gasteiger partial charge in [0.15, 0.2) is 0 Å². The van der Waals surface area contributed by atoms with Crippen molar-refractivity contribution in [2.24, 2.45) is 5.92 Å². The van der Waals surface area contributed by atoms with E-state index < -0.39 is 0 Å². The SMILES string of the molecule is C[C@H]1CC(=O)O[C@@H]1/C=C/c1ccccc1. The molecule has 15 heavy (non-hydrogen) atoms. The topological polar surface area (TPSA) is 26.3 Å². The molecule has 1 heterocycles. The number of carbonyl (C=O) groups excluding carboxylic acids is 1. The molecular weight excluding hydrogens is 188 g/mol. The molecule has 2 rings (SSSR count).